The molecule has 4 heterocycles. The van der Waals surface area contributed by atoms with Crippen molar-refractivity contribution in [2.24, 2.45) is 0 Å². The van der Waals surface area contributed by atoms with Crippen molar-refractivity contribution in [1.82, 2.24) is 14.9 Å². The highest BCUT2D eigenvalue weighted by molar-refractivity contribution is 7.99. The van der Waals surface area contributed by atoms with Crippen LogP contribution < -0.4 is 30.1 Å². The molecule has 2 amide bonds. The van der Waals surface area contributed by atoms with Gasteiger partial charge in [0, 0.05) is 62.8 Å². The molecule has 2 saturated heterocycles. The van der Waals surface area contributed by atoms with Crippen LogP contribution in [0, 0.1) is 5.82 Å². The molecule has 13 heteroatoms. The van der Waals surface area contributed by atoms with E-state index in [-0.39, 0.29) is 17.7 Å². The van der Waals surface area contributed by atoms with Crippen molar-refractivity contribution >= 4 is 64.3 Å². The average Bonchev–Trinajstić information content (AvgIpc) is 3.50. The van der Waals surface area contributed by atoms with E-state index in [1.807, 2.05) is 29.8 Å². The Morgan fingerprint density at radius 3 is 2.74 bits per heavy atom. The minimum Gasteiger partial charge on any atom is -0.494 e. The number of nitrogens with zero attached hydrogens (tertiary/aromatic N) is 6. The standard InChI is InChI=1S/C33H39FN8O3S/c1-5-31(44)36-25-15-26(29(45-3)16-27(25)41-17-23(18-41)40-12-9-24(19-40)46-4)37-33-35-10-8-30(38-33)42(20-43)28-14-22(34)13-21-7-6-11-39(2)32(21)28/h5,8,10,13-16,20,23-24H,1,6-7,9,11-12,17-19H2,2-4H3,(H,36,44)(H,35,37,38). The number of fused-ring (bicyclic) bond motifs is 1. The van der Waals surface area contributed by atoms with E-state index >= 15 is 0 Å². The largest absolute Gasteiger partial charge is 0.494 e. The molecule has 0 bridgehead atoms. The van der Waals surface area contributed by atoms with E-state index in [0.717, 1.165) is 62.5 Å². The molecular formula is C33H39FN8O3S. The summed E-state index contributed by atoms with van der Waals surface area (Å²) in [5, 5.41) is 6.82. The normalized spacial score (nSPS) is 18.0. The molecule has 6 rings (SSSR count). The summed E-state index contributed by atoms with van der Waals surface area (Å²) in [4.78, 5) is 42.0. The number of benzene rings is 2. The Labute approximate surface area is 272 Å². The molecule has 0 spiro atoms. The van der Waals surface area contributed by atoms with Crippen LogP contribution in [0.25, 0.3) is 0 Å². The first-order chi connectivity index (χ1) is 22.3. The fourth-order valence-corrected chi connectivity index (χ4v) is 7.20. The van der Waals surface area contributed by atoms with Crippen LogP contribution in [0.3, 0.4) is 0 Å². The Balaban J connectivity index is 1.28. The van der Waals surface area contributed by atoms with Crippen LogP contribution in [0.1, 0.15) is 18.4 Å². The number of nitrogens with one attached hydrogen (secondary N) is 2. The number of hydrogen-bond donors (Lipinski definition) is 2. The smallest absolute Gasteiger partial charge is 0.247 e. The predicted molar refractivity (Wildman–Crippen MR) is 183 cm³/mol. The average molecular weight is 647 g/mol. The zero-order valence-electron chi connectivity index (χ0n) is 26.3. The van der Waals surface area contributed by atoms with Crippen LogP contribution in [0.2, 0.25) is 0 Å². The van der Waals surface area contributed by atoms with Gasteiger partial charge in [0.1, 0.15) is 17.4 Å². The van der Waals surface area contributed by atoms with Crippen molar-refractivity contribution in [2.45, 2.75) is 30.6 Å². The molecule has 1 aromatic heterocycles. The zero-order valence-corrected chi connectivity index (χ0v) is 27.1. The minimum absolute atomic E-state index is 0.191. The topological polar surface area (TPSA) is 106 Å². The molecule has 0 saturated carbocycles. The molecule has 2 aromatic carbocycles. The van der Waals surface area contributed by atoms with Crippen LogP contribution in [0.15, 0.2) is 49.2 Å². The maximum Gasteiger partial charge on any atom is 0.247 e. The van der Waals surface area contributed by atoms with Gasteiger partial charge in [-0.25, -0.2) is 9.37 Å². The van der Waals surface area contributed by atoms with Crippen LogP contribution in [-0.4, -0.2) is 91.6 Å². The lowest BCUT2D eigenvalue weighted by Gasteiger charge is -2.46. The van der Waals surface area contributed by atoms with Gasteiger partial charge in [0.2, 0.25) is 18.3 Å². The number of carbonyl (C=O) groups is 2. The summed E-state index contributed by atoms with van der Waals surface area (Å²) in [6.07, 6.45) is 8.40. The van der Waals surface area contributed by atoms with Gasteiger partial charge in [0.15, 0.2) is 0 Å². The van der Waals surface area contributed by atoms with E-state index < -0.39 is 5.82 Å². The van der Waals surface area contributed by atoms with E-state index in [1.165, 1.54) is 35.7 Å². The van der Waals surface area contributed by atoms with Crippen molar-refractivity contribution in [3.63, 3.8) is 0 Å². The number of thioether (sulfide) groups is 1. The summed E-state index contributed by atoms with van der Waals surface area (Å²) >= 11 is 1.93. The first kappa shape index (κ1) is 31.6. The number of rotatable bonds is 11. The van der Waals surface area contributed by atoms with Crippen molar-refractivity contribution < 1.29 is 18.7 Å². The Morgan fingerprint density at radius 2 is 2.02 bits per heavy atom. The number of aryl methyl sites for hydroxylation is 1. The quantitative estimate of drug-likeness (QED) is 0.223. The van der Waals surface area contributed by atoms with E-state index in [4.69, 9.17) is 4.74 Å². The van der Waals surface area contributed by atoms with Gasteiger partial charge in [-0.15, -0.1) is 0 Å². The van der Waals surface area contributed by atoms with Crippen molar-refractivity contribution in [3.8, 4) is 5.75 Å². The Morgan fingerprint density at radius 1 is 1.20 bits per heavy atom. The minimum atomic E-state index is -0.416. The maximum atomic E-state index is 14.7. The van der Waals surface area contributed by atoms with Gasteiger partial charge < -0.3 is 25.2 Å². The summed E-state index contributed by atoms with van der Waals surface area (Å²) in [6, 6.07) is 8.61. The lowest BCUT2D eigenvalue weighted by atomic mass is 10.00. The molecule has 3 aromatic rings. The summed E-state index contributed by atoms with van der Waals surface area (Å²) in [7, 11) is 3.51. The number of amides is 2. The van der Waals surface area contributed by atoms with Gasteiger partial charge >= 0.3 is 0 Å². The lowest BCUT2D eigenvalue weighted by molar-refractivity contribution is -0.112. The summed E-state index contributed by atoms with van der Waals surface area (Å²) in [5.41, 5.74) is 4.02. The van der Waals surface area contributed by atoms with Gasteiger partial charge in [-0.3, -0.25) is 19.4 Å². The maximum absolute atomic E-state index is 14.7. The molecule has 3 aliphatic heterocycles. The highest BCUT2D eigenvalue weighted by Gasteiger charge is 2.37. The molecule has 0 radical (unpaired) electrons. The van der Waals surface area contributed by atoms with Gasteiger partial charge in [0.05, 0.1) is 35.5 Å². The van der Waals surface area contributed by atoms with Gasteiger partial charge in [-0.05, 0) is 61.9 Å². The molecule has 1 atom stereocenters. The Bertz CT molecular complexity index is 1630. The number of ether oxygens (including phenoxy) is 1. The first-order valence-electron chi connectivity index (χ1n) is 15.4. The molecule has 1 unspecified atom stereocenters. The summed E-state index contributed by atoms with van der Waals surface area (Å²) < 4.78 is 20.5. The zero-order chi connectivity index (χ0) is 32.4. The van der Waals surface area contributed by atoms with Crippen LogP contribution in [0.5, 0.6) is 5.75 Å². The number of methoxy groups -OCH3 is 1. The molecular weight excluding hydrogens is 607 g/mol. The first-order valence-corrected chi connectivity index (χ1v) is 16.7. The third-order valence-corrected chi connectivity index (χ3v) is 10.00. The monoisotopic (exact) mass is 646 g/mol. The van der Waals surface area contributed by atoms with Crippen molar-refractivity contribution in [2.75, 3.05) is 78.5 Å². The molecule has 2 N–H and O–H groups in total. The second-order valence-electron chi connectivity index (χ2n) is 11.8. The number of likely N-dealkylation sites (tertiary alicyclic amines) is 1. The van der Waals surface area contributed by atoms with Gasteiger partial charge in [-0.2, -0.15) is 16.7 Å². The van der Waals surface area contributed by atoms with E-state index in [9.17, 15) is 14.0 Å². The molecule has 2 fully saturated rings. The molecule has 3 aliphatic rings. The third-order valence-electron chi connectivity index (χ3n) is 8.94. The predicted octanol–water partition coefficient (Wildman–Crippen LogP) is 4.80. The van der Waals surface area contributed by atoms with E-state index in [0.29, 0.717) is 40.5 Å². The number of hydrogen-bond acceptors (Lipinski definition) is 10. The third kappa shape index (κ3) is 6.34. The Kier molecular flexibility index (Phi) is 9.32. The van der Waals surface area contributed by atoms with Crippen LogP contribution >= 0.6 is 11.8 Å². The number of carbonyl (C=O) groups excluding carboxylic acids is 2. The van der Waals surface area contributed by atoms with Gasteiger partial charge in [0.25, 0.3) is 0 Å². The summed E-state index contributed by atoms with van der Waals surface area (Å²) in [5.74, 6) is 0.241. The van der Waals surface area contributed by atoms with E-state index in [1.54, 1.807) is 19.2 Å². The lowest BCUT2D eigenvalue weighted by Crippen LogP contribution is -2.59. The molecule has 46 heavy (non-hydrogen) atoms. The molecule has 0 aliphatic carbocycles. The second-order valence-corrected chi connectivity index (χ2v) is 12.9. The number of anilines is 7. The Hall–Kier alpha value is -4.36. The van der Waals surface area contributed by atoms with Crippen LogP contribution in [-0.2, 0) is 16.0 Å². The fraction of sp³-hybridized carbons (Fsp3) is 0.394. The summed E-state index contributed by atoms with van der Waals surface area (Å²) in [6.45, 7) is 8.31. The number of aromatic nitrogens is 2. The number of halogens is 1. The SMILES string of the molecule is C=CC(=O)Nc1cc(Nc2nccc(N(C=O)c3cc(F)cc4c3N(C)CCC4)n2)c(OC)cc1N1CC(N2CCC(SC)C2)C1. The second kappa shape index (κ2) is 13.6. The highest BCUT2D eigenvalue weighted by Crippen LogP contribution is 2.42. The van der Waals surface area contributed by atoms with Crippen LogP contribution in [0.4, 0.5) is 44.6 Å². The molecule has 11 nitrogen and oxygen atoms in total. The molecule has 242 valence electrons. The van der Waals surface area contributed by atoms with E-state index in [2.05, 4.69) is 43.2 Å². The van der Waals surface area contributed by atoms with Gasteiger partial charge in [-0.1, -0.05) is 6.58 Å². The van der Waals surface area contributed by atoms with Crippen molar-refractivity contribution in [1.29, 1.82) is 0 Å². The highest BCUT2D eigenvalue weighted by atomic mass is 32.2. The fourth-order valence-electron chi connectivity index (χ4n) is 6.51. The van der Waals surface area contributed by atoms with Crippen molar-refractivity contribution in [3.05, 3.63) is 60.6 Å².